The van der Waals surface area contributed by atoms with E-state index in [1.54, 1.807) is 13.3 Å². The van der Waals surface area contributed by atoms with Crippen molar-refractivity contribution < 1.29 is 4.74 Å². The van der Waals surface area contributed by atoms with Gasteiger partial charge >= 0.3 is 5.69 Å². The van der Waals surface area contributed by atoms with E-state index in [0.717, 1.165) is 48.9 Å². The third kappa shape index (κ3) is 2.75. The molecule has 1 fully saturated rings. The van der Waals surface area contributed by atoms with Crippen LogP contribution in [0.3, 0.4) is 0 Å². The van der Waals surface area contributed by atoms with Gasteiger partial charge in [-0.2, -0.15) is 4.98 Å². The summed E-state index contributed by atoms with van der Waals surface area (Å²) in [5, 5.41) is 3.32. The summed E-state index contributed by atoms with van der Waals surface area (Å²) in [7, 11) is 1.63. The summed E-state index contributed by atoms with van der Waals surface area (Å²) < 4.78 is 5.41. The SMILES string of the molecule is COc1ccccc1-c1[nH]c(=O)ncc1N1CCNCC1. The van der Waals surface area contributed by atoms with Crippen LogP contribution in [0.5, 0.6) is 5.75 Å². The highest BCUT2D eigenvalue weighted by Crippen LogP contribution is 2.33. The lowest BCUT2D eigenvalue weighted by atomic mass is 10.1. The van der Waals surface area contributed by atoms with Gasteiger partial charge < -0.3 is 19.9 Å². The minimum absolute atomic E-state index is 0.352. The minimum Gasteiger partial charge on any atom is -0.496 e. The molecule has 0 amide bonds. The number of hydrogen-bond acceptors (Lipinski definition) is 5. The molecule has 110 valence electrons. The van der Waals surface area contributed by atoms with Gasteiger partial charge in [-0.15, -0.1) is 0 Å². The number of nitrogens with one attached hydrogen (secondary N) is 2. The molecule has 0 bridgehead atoms. The molecule has 1 aliphatic heterocycles. The molecule has 2 N–H and O–H groups in total. The van der Waals surface area contributed by atoms with E-state index >= 15 is 0 Å². The van der Waals surface area contributed by atoms with E-state index in [4.69, 9.17) is 4.74 Å². The molecule has 1 aromatic heterocycles. The Balaban J connectivity index is 2.12. The number of rotatable bonds is 3. The zero-order valence-corrected chi connectivity index (χ0v) is 11.9. The molecule has 0 aliphatic carbocycles. The summed E-state index contributed by atoms with van der Waals surface area (Å²) in [4.78, 5) is 20.6. The summed E-state index contributed by atoms with van der Waals surface area (Å²) in [6, 6.07) is 7.66. The molecule has 0 saturated carbocycles. The molecule has 0 radical (unpaired) electrons. The molecule has 3 rings (SSSR count). The van der Waals surface area contributed by atoms with Crippen LogP contribution in [0, 0.1) is 0 Å². The Bertz CT molecular complexity index is 677. The fraction of sp³-hybridized carbons (Fsp3) is 0.333. The highest BCUT2D eigenvalue weighted by atomic mass is 16.5. The number of methoxy groups -OCH3 is 1. The molecule has 0 atom stereocenters. The average molecular weight is 286 g/mol. The molecule has 6 heteroatoms. The number of aromatic nitrogens is 2. The Labute approximate surface area is 122 Å². The largest absolute Gasteiger partial charge is 0.496 e. The van der Waals surface area contributed by atoms with E-state index in [-0.39, 0.29) is 5.69 Å². The van der Waals surface area contributed by atoms with E-state index in [9.17, 15) is 4.79 Å². The molecular formula is C15H18N4O2. The number of anilines is 1. The van der Waals surface area contributed by atoms with Crippen LogP contribution in [0.25, 0.3) is 11.3 Å². The van der Waals surface area contributed by atoms with Gasteiger partial charge in [-0.05, 0) is 12.1 Å². The molecule has 21 heavy (non-hydrogen) atoms. The Kier molecular flexibility index (Phi) is 3.87. The first-order valence-corrected chi connectivity index (χ1v) is 6.98. The summed E-state index contributed by atoms with van der Waals surface area (Å²) >= 11 is 0. The Morgan fingerprint density at radius 2 is 2.00 bits per heavy atom. The van der Waals surface area contributed by atoms with Gasteiger partial charge in [-0.25, -0.2) is 4.79 Å². The number of aromatic amines is 1. The van der Waals surface area contributed by atoms with Crippen LogP contribution in [0.2, 0.25) is 0 Å². The number of benzene rings is 1. The zero-order chi connectivity index (χ0) is 14.7. The molecule has 1 aromatic carbocycles. The van der Waals surface area contributed by atoms with Crippen molar-refractivity contribution in [1.82, 2.24) is 15.3 Å². The highest BCUT2D eigenvalue weighted by Gasteiger charge is 2.18. The lowest BCUT2D eigenvalue weighted by Crippen LogP contribution is -2.44. The van der Waals surface area contributed by atoms with Crippen molar-refractivity contribution in [3.05, 3.63) is 40.9 Å². The van der Waals surface area contributed by atoms with Gasteiger partial charge in [0, 0.05) is 31.7 Å². The molecule has 2 heterocycles. The van der Waals surface area contributed by atoms with Crippen LogP contribution >= 0.6 is 0 Å². The summed E-state index contributed by atoms with van der Waals surface area (Å²) in [6.07, 6.45) is 1.64. The van der Waals surface area contributed by atoms with Gasteiger partial charge in [0.15, 0.2) is 0 Å². The van der Waals surface area contributed by atoms with Crippen molar-refractivity contribution in [2.24, 2.45) is 0 Å². The van der Waals surface area contributed by atoms with Gasteiger partial charge in [0.2, 0.25) is 0 Å². The monoisotopic (exact) mass is 286 g/mol. The zero-order valence-electron chi connectivity index (χ0n) is 11.9. The Hall–Kier alpha value is -2.34. The number of H-pyrrole nitrogens is 1. The van der Waals surface area contributed by atoms with Crippen LogP contribution in [0.1, 0.15) is 0 Å². The second-order valence-corrected chi connectivity index (χ2v) is 4.89. The normalized spacial score (nSPS) is 15.0. The molecule has 2 aromatic rings. The fourth-order valence-corrected chi connectivity index (χ4v) is 2.59. The molecular weight excluding hydrogens is 268 g/mol. The van der Waals surface area contributed by atoms with Gasteiger partial charge in [-0.3, -0.25) is 0 Å². The maximum absolute atomic E-state index is 11.7. The first-order chi connectivity index (χ1) is 10.3. The van der Waals surface area contributed by atoms with Crippen molar-refractivity contribution in [1.29, 1.82) is 0 Å². The van der Waals surface area contributed by atoms with E-state index in [1.807, 2.05) is 24.3 Å². The predicted octanol–water partition coefficient (Wildman–Crippen LogP) is 0.855. The van der Waals surface area contributed by atoms with E-state index in [2.05, 4.69) is 20.2 Å². The van der Waals surface area contributed by atoms with Gasteiger partial charge in [0.25, 0.3) is 0 Å². The van der Waals surface area contributed by atoms with E-state index < -0.39 is 0 Å². The van der Waals surface area contributed by atoms with Crippen molar-refractivity contribution in [2.75, 3.05) is 38.2 Å². The van der Waals surface area contributed by atoms with Crippen molar-refractivity contribution in [2.45, 2.75) is 0 Å². The van der Waals surface area contributed by atoms with Crippen molar-refractivity contribution >= 4 is 5.69 Å². The molecule has 0 unspecified atom stereocenters. The third-order valence-electron chi connectivity index (χ3n) is 3.63. The quantitative estimate of drug-likeness (QED) is 0.875. The maximum atomic E-state index is 11.7. The van der Waals surface area contributed by atoms with Crippen LogP contribution in [-0.4, -0.2) is 43.3 Å². The smallest absolute Gasteiger partial charge is 0.345 e. The topological polar surface area (TPSA) is 70.2 Å². The highest BCUT2D eigenvalue weighted by molar-refractivity contribution is 5.78. The molecule has 6 nitrogen and oxygen atoms in total. The number of para-hydroxylation sites is 1. The van der Waals surface area contributed by atoms with Crippen molar-refractivity contribution in [3.63, 3.8) is 0 Å². The summed E-state index contributed by atoms with van der Waals surface area (Å²) in [6.45, 7) is 3.61. The number of nitrogens with zero attached hydrogens (tertiary/aromatic N) is 2. The van der Waals surface area contributed by atoms with Gasteiger partial charge in [-0.1, -0.05) is 12.1 Å². The van der Waals surface area contributed by atoms with Crippen LogP contribution in [-0.2, 0) is 0 Å². The fourth-order valence-electron chi connectivity index (χ4n) is 2.59. The van der Waals surface area contributed by atoms with E-state index in [0.29, 0.717) is 0 Å². The lowest BCUT2D eigenvalue weighted by Gasteiger charge is -2.30. The summed E-state index contributed by atoms with van der Waals surface area (Å²) in [5.41, 5.74) is 2.21. The molecule has 0 spiro atoms. The van der Waals surface area contributed by atoms with Crippen LogP contribution < -0.4 is 20.6 Å². The van der Waals surface area contributed by atoms with Crippen molar-refractivity contribution in [3.8, 4) is 17.0 Å². The first kappa shape index (κ1) is 13.6. The number of piperazine rings is 1. The predicted molar refractivity (Wildman–Crippen MR) is 81.9 cm³/mol. The van der Waals surface area contributed by atoms with E-state index in [1.165, 1.54) is 0 Å². The maximum Gasteiger partial charge on any atom is 0.345 e. The number of hydrogen-bond donors (Lipinski definition) is 2. The first-order valence-electron chi connectivity index (χ1n) is 6.98. The Morgan fingerprint density at radius 1 is 1.24 bits per heavy atom. The second-order valence-electron chi connectivity index (χ2n) is 4.89. The van der Waals surface area contributed by atoms with Crippen LogP contribution in [0.15, 0.2) is 35.3 Å². The number of ether oxygens (including phenoxy) is 1. The average Bonchev–Trinajstić information content (AvgIpc) is 2.55. The minimum atomic E-state index is -0.352. The summed E-state index contributed by atoms with van der Waals surface area (Å²) in [5.74, 6) is 0.732. The Morgan fingerprint density at radius 3 is 2.76 bits per heavy atom. The molecule has 1 saturated heterocycles. The standard InChI is InChI=1S/C15H18N4O2/c1-21-13-5-3-2-4-11(13)14-12(10-17-15(20)18-14)19-8-6-16-7-9-19/h2-5,10,16H,6-9H2,1H3,(H,17,18,20). The van der Waals surface area contributed by atoms with Gasteiger partial charge in [0.05, 0.1) is 24.7 Å². The third-order valence-corrected chi connectivity index (χ3v) is 3.63. The second kappa shape index (κ2) is 5.97. The lowest BCUT2D eigenvalue weighted by molar-refractivity contribution is 0.416. The molecule has 1 aliphatic rings. The van der Waals surface area contributed by atoms with Crippen LogP contribution in [0.4, 0.5) is 5.69 Å². The van der Waals surface area contributed by atoms with Gasteiger partial charge in [0.1, 0.15) is 5.75 Å².